The number of aromatic nitrogens is 3. The van der Waals surface area contributed by atoms with Gasteiger partial charge in [-0.1, -0.05) is 11.8 Å². The highest BCUT2D eigenvalue weighted by atomic mass is 32.2. The molecule has 0 fully saturated rings. The molecule has 2 aromatic rings. The molecule has 2 heterocycles. The van der Waals surface area contributed by atoms with Gasteiger partial charge in [-0.15, -0.1) is 10.2 Å². The summed E-state index contributed by atoms with van der Waals surface area (Å²) in [4.78, 5) is 12.4. The van der Waals surface area contributed by atoms with E-state index in [1.807, 2.05) is 14.0 Å². The van der Waals surface area contributed by atoms with Gasteiger partial charge in [0.15, 0.2) is 10.9 Å². The Kier molecular flexibility index (Phi) is 4.39. The monoisotopic (exact) mass is 366 g/mol. The molecule has 0 aliphatic carbocycles. The van der Waals surface area contributed by atoms with Crippen LogP contribution in [0.5, 0.6) is 0 Å². The fourth-order valence-corrected chi connectivity index (χ4v) is 4.94. The van der Waals surface area contributed by atoms with E-state index in [0.717, 1.165) is 5.56 Å². The van der Waals surface area contributed by atoms with Gasteiger partial charge in [-0.25, -0.2) is 8.42 Å². The zero-order chi connectivity index (χ0) is 17.5. The van der Waals surface area contributed by atoms with Crippen LogP contribution in [0.2, 0.25) is 0 Å². The Labute approximate surface area is 145 Å². The van der Waals surface area contributed by atoms with Crippen LogP contribution in [-0.4, -0.2) is 47.0 Å². The molecule has 0 N–H and O–H groups in total. The molecule has 1 aliphatic heterocycles. The number of sulfonamides is 1. The molecule has 128 valence electrons. The molecule has 0 amide bonds. The Morgan fingerprint density at radius 2 is 2.17 bits per heavy atom. The van der Waals surface area contributed by atoms with Gasteiger partial charge in [0.25, 0.3) is 0 Å². The number of carbonyl (C=O) groups excluding carboxylic acids is 1. The molecule has 0 radical (unpaired) electrons. The third-order valence-corrected chi connectivity index (χ3v) is 6.22. The van der Waals surface area contributed by atoms with Crippen molar-refractivity contribution in [1.82, 2.24) is 14.8 Å². The predicted molar refractivity (Wildman–Crippen MR) is 93.0 cm³/mol. The van der Waals surface area contributed by atoms with Gasteiger partial charge in [0, 0.05) is 18.7 Å². The van der Waals surface area contributed by atoms with Gasteiger partial charge in [-0.05, 0) is 37.1 Å². The molecular formula is C15H18N4O3S2. The summed E-state index contributed by atoms with van der Waals surface area (Å²) in [5.74, 6) is 0.243. The Hall–Kier alpha value is -1.87. The van der Waals surface area contributed by atoms with Crippen molar-refractivity contribution in [1.29, 1.82) is 0 Å². The van der Waals surface area contributed by atoms with Crippen LogP contribution in [-0.2, 0) is 23.5 Å². The third-order valence-electron chi connectivity index (χ3n) is 3.91. The summed E-state index contributed by atoms with van der Waals surface area (Å²) >= 11 is 1.33. The van der Waals surface area contributed by atoms with Crippen LogP contribution < -0.4 is 4.31 Å². The van der Waals surface area contributed by atoms with Crippen LogP contribution in [0.4, 0.5) is 5.69 Å². The van der Waals surface area contributed by atoms with E-state index in [4.69, 9.17) is 0 Å². The topological polar surface area (TPSA) is 85.2 Å². The first-order chi connectivity index (χ1) is 11.3. The van der Waals surface area contributed by atoms with Crippen molar-refractivity contribution in [3.63, 3.8) is 0 Å². The van der Waals surface area contributed by atoms with Crippen LogP contribution in [0.1, 0.15) is 22.8 Å². The highest BCUT2D eigenvalue weighted by molar-refractivity contribution is 7.99. The summed E-state index contributed by atoms with van der Waals surface area (Å²) in [5, 5.41) is 8.40. The summed E-state index contributed by atoms with van der Waals surface area (Å²) < 4.78 is 27.0. The SMILES string of the molecule is C[C@@H]1Cc2cc(C(=O)CSc3nncn3C)ccc2N1S(C)(=O)=O. The molecule has 24 heavy (non-hydrogen) atoms. The lowest BCUT2D eigenvalue weighted by Gasteiger charge is -2.21. The first kappa shape index (κ1) is 17.0. The van der Waals surface area contributed by atoms with Crippen molar-refractivity contribution >= 4 is 33.3 Å². The largest absolute Gasteiger partial charge is 0.312 e. The molecule has 1 aromatic carbocycles. The molecule has 0 spiro atoms. The first-order valence-corrected chi connectivity index (χ1v) is 10.2. The second-order valence-corrected chi connectivity index (χ2v) is 8.69. The van der Waals surface area contributed by atoms with Crippen molar-refractivity contribution in [3.8, 4) is 0 Å². The minimum atomic E-state index is -3.32. The molecule has 0 unspecified atom stereocenters. The van der Waals surface area contributed by atoms with Gasteiger partial charge < -0.3 is 4.57 Å². The van der Waals surface area contributed by atoms with Crippen molar-refractivity contribution in [2.75, 3.05) is 16.3 Å². The predicted octanol–water partition coefficient (Wildman–Crippen LogP) is 1.50. The average molecular weight is 366 g/mol. The summed E-state index contributed by atoms with van der Waals surface area (Å²) in [5.41, 5.74) is 2.15. The smallest absolute Gasteiger partial charge is 0.232 e. The standard InChI is InChI=1S/C15H18N4O3S2/c1-10-6-12-7-11(4-5-13(12)19(10)24(3,21)22)14(20)8-23-15-17-16-9-18(15)2/h4-5,7,9-10H,6,8H2,1-3H3/t10-/m1/s1. The van der Waals surface area contributed by atoms with Crippen molar-refractivity contribution in [2.45, 2.75) is 24.5 Å². The molecule has 1 atom stereocenters. The molecular weight excluding hydrogens is 348 g/mol. The maximum atomic E-state index is 12.4. The summed E-state index contributed by atoms with van der Waals surface area (Å²) in [7, 11) is -1.49. The summed E-state index contributed by atoms with van der Waals surface area (Å²) in [6.07, 6.45) is 3.40. The number of anilines is 1. The zero-order valence-corrected chi connectivity index (χ0v) is 15.3. The van der Waals surface area contributed by atoms with Gasteiger partial charge in [0.05, 0.1) is 17.7 Å². The summed E-state index contributed by atoms with van der Waals surface area (Å²) in [6.45, 7) is 1.87. The fourth-order valence-electron chi connectivity index (χ4n) is 2.90. The quantitative estimate of drug-likeness (QED) is 0.589. The molecule has 3 rings (SSSR count). The van der Waals surface area contributed by atoms with E-state index in [9.17, 15) is 13.2 Å². The van der Waals surface area contributed by atoms with E-state index in [1.165, 1.54) is 22.3 Å². The molecule has 0 saturated carbocycles. The van der Waals surface area contributed by atoms with Crippen LogP contribution in [0.25, 0.3) is 0 Å². The Bertz CT molecular complexity index is 892. The maximum Gasteiger partial charge on any atom is 0.232 e. The Balaban J connectivity index is 1.79. The lowest BCUT2D eigenvalue weighted by molar-refractivity contribution is 0.102. The number of nitrogens with zero attached hydrogens (tertiary/aromatic N) is 4. The molecule has 9 heteroatoms. The van der Waals surface area contributed by atoms with E-state index < -0.39 is 10.0 Å². The van der Waals surface area contributed by atoms with Gasteiger partial charge in [-0.2, -0.15) is 0 Å². The van der Waals surface area contributed by atoms with Crippen LogP contribution in [0, 0.1) is 0 Å². The minimum Gasteiger partial charge on any atom is -0.312 e. The fraction of sp³-hybridized carbons (Fsp3) is 0.400. The third kappa shape index (κ3) is 3.18. The minimum absolute atomic E-state index is 0.0174. The lowest BCUT2D eigenvalue weighted by atomic mass is 10.0. The lowest BCUT2D eigenvalue weighted by Crippen LogP contribution is -2.34. The average Bonchev–Trinajstić information content (AvgIpc) is 3.05. The Morgan fingerprint density at radius 3 is 2.79 bits per heavy atom. The number of Topliss-reactive ketones (excluding diaryl/α,β-unsaturated/α-hetero) is 1. The number of hydrogen-bond acceptors (Lipinski definition) is 6. The van der Waals surface area contributed by atoms with E-state index in [2.05, 4.69) is 10.2 Å². The molecule has 1 aromatic heterocycles. The van der Waals surface area contributed by atoms with Crippen molar-refractivity contribution in [2.24, 2.45) is 7.05 Å². The van der Waals surface area contributed by atoms with Gasteiger partial charge in [-0.3, -0.25) is 9.10 Å². The second-order valence-electron chi connectivity index (χ2n) is 5.89. The van der Waals surface area contributed by atoms with Crippen molar-refractivity contribution in [3.05, 3.63) is 35.7 Å². The van der Waals surface area contributed by atoms with Crippen molar-refractivity contribution < 1.29 is 13.2 Å². The van der Waals surface area contributed by atoms with Crippen LogP contribution >= 0.6 is 11.8 Å². The zero-order valence-electron chi connectivity index (χ0n) is 13.6. The van der Waals surface area contributed by atoms with Gasteiger partial charge >= 0.3 is 0 Å². The maximum absolute atomic E-state index is 12.4. The normalized spacial score (nSPS) is 17.1. The van der Waals surface area contributed by atoms with E-state index in [1.54, 1.807) is 29.1 Å². The van der Waals surface area contributed by atoms with Crippen LogP contribution in [0.3, 0.4) is 0 Å². The number of hydrogen-bond donors (Lipinski definition) is 0. The summed E-state index contributed by atoms with van der Waals surface area (Å²) in [6, 6.07) is 5.08. The van der Waals surface area contributed by atoms with Gasteiger partial charge in [0.2, 0.25) is 10.0 Å². The molecule has 0 bridgehead atoms. The van der Waals surface area contributed by atoms with Crippen LogP contribution in [0.15, 0.2) is 29.7 Å². The first-order valence-electron chi connectivity index (χ1n) is 7.39. The number of thioether (sulfide) groups is 1. The second kappa shape index (κ2) is 6.21. The highest BCUT2D eigenvalue weighted by Gasteiger charge is 2.32. The van der Waals surface area contributed by atoms with E-state index in [-0.39, 0.29) is 17.6 Å². The number of carbonyl (C=O) groups is 1. The Morgan fingerprint density at radius 1 is 1.42 bits per heavy atom. The molecule has 7 nitrogen and oxygen atoms in total. The van der Waals surface area contributed by atoms with Gasteiger partial charge in [0.1, 0.15) is 6.33 Å². The number of ketones is 1. The molecule has 0 saturated heterocycles. The van der Waals surface area contributed by atoms with E-state index >= 15 is 0 Å². The number of aryl methyl sites for hydroxylation is 1. The number of benzene rings is 1. The number of rotatable bonds is 5. The van der Waals surface area contributed by atoms with E-state index in [0.29, 0.717) is 22.8 Å². The molecule has 1 aliphatic rings. The highest BCUT2D eigenvalue weighted by Crippen LogP contribution is 2.35. The number of fused-ring (bicyclic) bond motifs is 1.